The van der Waals surface area contributed by atoms with Gasteiger partial charge in [-0.15, -0.1) is 10.2 Å². The standard InChI is InChI=1S/C27H25N7O/c1-18-9-11-21(12-10-18)26-22(17-33(32-26)23-7-5-4-6-8-23)13-14-25(35)28-16-24-30-31-27-29-19(2)15-20(3)34(24)27/h4-15,17H,16H2,1-3H3,(H,28,35). The van der Waals surface area contributed by atoms with Crippen LogP contribution >= 0.6 is 0 Å². The predicted molar refractivity (Wildman–Crippen MR) is 135 cm³/mol. The highest BCUT2D eigenvalue weighted by Crippen LogP contribution is 2.25. The first kappa shape index (κ1) is 22.2. The molecule has 0 aliphatic rings. The quantitative estimate of drug-likeness (QED) is 0.381. The first-order valence-corrected chi connectivity index (χ1v) is 11.3. The van der Waals surface area contributed by atoms with E-state index in [-0.39, 0.29) is 12.5 Å². The zero-order valence-electron chi connectivity index (χ0n) is 19.8. The van der Waals surface area contributed by atoms with Crippen LogP contribution in [-0.2, 0) is 11.3 Å². The molecule has 3 heterocycles. The summed E-state index contributed by atoms with van der Waals surface area (Å²) in [6.07, 6.45) is 5.23. The van der Waals surface area contributed by atoms with E-state index in [1.165, 1.54) is 11.6 Å². The first-order valence-electron chi connectivity index (χ1n) is 11.3. The molecule has 8 heteroatoms. The van der Waals surface area contributed by atoms with Crippen LogP contribution in [0.25, 0.3) is 28.8 Å². The average Bonchev–Trinajstić information content (AvgIpc) is 3.47. The zero-order chi connectivity index (χ0) is 24.4. The third-order valence-corrected chi connectivity index (χ3v) is 5.68. The van der Waals surface area contributed by atoms with Gasteiger partial charge in [-0.2, -0.15) is 5.10 Å². The highest BCUT2D eigenvalue weighted by atomic mass is 16.1. The van der Waals surface area contributed by atoms with Crippen LogP contribution < -0.4 is 5.32 Å². The van der Waals surface area contributed by atoms with Gasteiger partial charge in [-0.05, 0) is 45.0 Å². The van der Waals surface area contributed by atoms with E-state index >= 15 is 0 Å². The number of benzene rings is 2. The van der Waals surface area contributed by atoms with Crippen molar-refractivity contribution in [3.8, 4) is 16.9 Å². The van der Waals surface area contributed by atoms with Gasteiger partial charge in [-0.25, -0.2) is 9.67 Å². The number of carbonyl (C=O) groups excluding carboxylic acids is 1. The van der Waals surface area contributed by atoms with Crippen molar-refractivity contribution in [2.24, 2.45) is 0 Å². The summed E-state index contributed by atoms with van der Waals surface area (Å²) in [6, 6.07) is 20.0. The fraction of sp³-hybridized carbons (Fsp3) is 0.148. The Morgan fingerprint density at radius 3 is 2.54 bits per heavy atom. The van der Waals surface area contributed by atoms with Crippen molar-refractivity contribution in [3.05, 3.63) is 101 Å². The summed E-state index contributed by atoms with van der Waals surface area (Å²) in [4.78, 5) is 17.0. The van der Waals surface area contributed by atoms with Crippen molar-refractivity contribution in [3.63, 3.8) is 0 Å². The molecule has 1 N–H and O–H groups in total. The van der Waals surface area contributed by atoms with Crippen molar-refractivity contribution in [2.75, 3.05) is 0 Å². The van der Waals surface area contributed by atoms with Crippen molar-refractivity contribution in [2.45, 2.75) is 27.3 Å². The van der Waals surface area contributed by atoms with Crippen molar-refractivity contribution in [1.29, 1.82) is 0 Å². The summed E-state index contributed by atoms with van der Waals surface area (Å²) in [5.74, 6) is 0.920. The second kappa shape index (κ2) is 9.34. The molecule has 35 heavy (non-hydrogen) atoms. The van der Waals surface area contributed by atoms with Gasteiger partial charge in [0.15, 0.2) is 5.82 Å². The van der Waals surface area contributed by atoms with Gasteiger partial charge in [0.25, 0.3) is 5.78 Å². The first-order chi connectivity index (χ1) is 17.0. The number of hydrogen-bond acceptors (Lipinski definition) is 5. The molecule has 174 valence electrons. The van der Waals surface area contributed by atoms with Gasteiger partial charge in [-0.1, -0.05) is 48.0 Å². The van der Waals surface area contributed by atoms with Crippen LogP contribution in [0, 0.1) is 20.8 Å². The highest BCUT2D eigenvalue weighted by molar-refractivity contribution is 5.92. The number of aryl methyl sites for hydroxylation is 3. The molecule has 8 nitrogen and oxygen atoms in total. The predicted octanol–water partition coefficient (Wildman–Crippen LogP) is 4.23. The normalized spacial score (nSPS) is 11.4. The summed E-state index contributed by atoms with van der Waals surface area (Å²) < 4.78 is 3.67. The molecule has 0 spiro atoms. The third kappa shape index (κ3) is 4.72. The topological polar surface area (TPSA) is 90.0 Å². The maximum atomic E-state index is 12.7. The van der Waals surface area contributed by atoms with E-state index in [0.717, 1.165) is 33.9 Å². The zero-order valence-corrected chi connectivity index (χ0v) is 19.8. The van der Waals surface area contributed by atoms with E-state index in [1.54, 1.807) is 6.08 Å². The third-order valence-electron chi connectivity index (χ3n) is 5.68. The van der Waals surface area contributed by atoms with Crippen molar-refractivity contribution < 1.29 is 4.79 Å². The van der Waals surface area contributed by atoms with Crippen LogP contribution in [0.1, 0.15) is 28.3 Å². The van der Waals surface area contributed by atoms with Crippen LogP contribution in [-0.4, -0.2) is 35.3 Å². The van der Waals surface area contributed by atoms with E-state index in [2.05, 4.69) is 39.6 Å². The smallest absolute Gasteiger partial charge is 0.255 e. The second-order valence-corrected chi connectivity index (χ2v) is 8.42. The van der Waals surface area contributed by atoms with Gasteiger partial charge >= 0.3 is 0 Å². The average molecular weight is 464 g/mol. The second-order valence-electron chi connectivity index (χ2n) is 8.42. The number of aromatic nitrogens is 6. The van der Waals surface area contributed by atoms with Gasteiger partial charge in [-0.3, -0.25) is 9.20 Å². The fourth-order valence-corrected chi connectivity index (χ4v) is 3.96. The minimum absolute atomic E-state index is 0.234. The summed E-state index contributed by atoms with van der Waals surface area (Å²) in [6.45, 7) is 6.17. The Balaban J connectivity index is 1.38. The molecule has 0 bridgehead atoms. The van der Waals surface area contributed by atoms with Crippen LogP contribution in [0.3, 0.4) is 0 Å². The highest BCUT2D eigenvalue weighted by Gasteiger charge is 2.12. The molecule has 5 rings (SSSR count). The summed E-state index contributed by atoms with van der Waals surface area (Å²) in [5, 5.41) is 16.0. The molecule has 0 saturated heterocycles. The largest absolute Gasteiger partial charge is 0.345 e. The number of nitrogens with one attached hydrogen (secondary N) is 1. The maximum Gasteiger partial charge on any atom is 0.255 e. The van der Waals surface area contributed by atoms with E-state index in [1.807, 2.05) is 77.7 Å². The van der Waals surface area contributed by atoms with Crippen LogP contribution in [0.5, 0.6) is 0 Å². The van der Waals surface area contributed by atoms with E-state index in [0.29, 0.717) is 11.6 Å². The molecule has 0 aliphatic carbocycles. The summed E-state index contributed by atoms with van der Waals surface area (Å²) in [5.41, 5.74) is 6.60. The molecule has 0 radical (unpaired) electrons. The molecule has 1 amide bonds. The molecule has 0 aliphatic heterocycles. The maximum absolute atomic E-state index is 12.7. The van der Waals surface area contributed by atoms with Crippen LogP contribution in [0.15, 0.2) is 72.9 Å². The van der Waals surface area contributed by atoms with Crippen LogP contribution in [0.4, 0.5) is 0 Å². The number of hydrogen-bond donors (Lipinski definition) is 1. The Morgan fingerprint density at radius 1 is 1.00 bits per heavy atom. The number of rotatable bonds is 6. The minimum Gasteiger partial charge on any atom is -0.345 e. The lowest BCUT2D eigenvalue weighted by molar-refractivity contribution is -0.116. The number of amides is 1. The lowest BCUT2D eigenvalue weighted by Gasteiger charge is -2.05. The molecule has 2 aromatic carbocycles. The Morgan fingerprint density at radius 2 is 1.77 bits per heavy atom. The summed E-state index contributed by atoms with van der Waals surface area (Å²) >= 11 is 0. The number of carbonyl (C=O) groups is 1. The number of fused-ring (bicyclic) bond motifs is 1. The van der Waals surface area contributed by atoms with Gasteiger partial charge < -0.3 is 5.32 Å². The molecule has 0 unspecified atom stereocenters. The van der Waals surface area contributed by atoms with Gasteiger partial charge in [0.1, 0.15) is 0 Å². The Hall–Kier alpha value is -4.59. The van der Waals surface area contributed by atoms with E-state index < -0.39 is 0 Å². The molecule has 0 fully saturated rings. The van der Waals surface area contributed by atoms with Crippen molar-refractivity contribution >= 4 is 17.8 Å². The Bertz CT molecular complexity index is 1530. The minimum atomic E-state index is -0.234. The molecular weight excluding hydrogens is 438 g/mol. The SMILES string of the molecule is Cc1ccc(-c2nn(-c3ccccc3)cc2C=CC(=O)NCc2nnc3nc(C)cc(C)n23)cc1. The van der Waals surface area contributed by atoms with Crippen molar-refractivity contribution in [1.82, 2.24) is 34.7 Å². The molecule has 3 aromatic heterocycles. The fourth-order valence-electron chi connectivity index (χ4n) is 3.96. The van der Waals surface area contributed by atoms with Gasteiger partial charge in [0.2, 0.25) is 5.91 Å². The lowest BCUT2D eigenvalue weighted by atomic mass is 10.1. The lowest BCUT2D eigenvalue weighted by Crippen LogP contribution is -2.22. The molecule has 0 atom stereocenters. The number of nitrogens with zero attached hydrogens (tertiary/aromatic N) is 6. The molecular formula is C27H25N7O. The van der Waals surface area contributed by atoms with E-state index in [9.17, 15) is 4.79 Å². The monoisotopic (exact) mass is 463 g/mol. The Kier molecular flexibility index (Phi) is 5.93. The molecule has 5 aromatic rings. The summed E-state index contributed by atoms with van der Waals surface area (Å²) in [7, 11) is 0. The van der Waals surface area contributed by atoms with Crippen LogP contribution in [0.2, 0.25) is 0 Å². The number of para-hydroxylation sites is 1. The van der Waals surface area contributed by atoms with Gasteiger partial charge in [0, 0.05) is 34.8 Å². The van der Waals surface area contributed by atoms with Gasteiger partial charge in [0.05, 0.1) is 17.9 Å². The van der Waals surface area contributed by atoms with E-state index in [4.69, 9.17) is 5.10 Å². The Labute approximate surface area is 203 Å². The molecule has 0 saturated carbocycles.